The van der Waals surface area contributed by atoms with Gasteiger partial charge < -0.3 is 19.9 Å². The van der Waals surface area contributed by atoms with Crippen molar-refractivity contribution in [1.82, 2.24) is 24.9 Å². The molecule has 0 saturated carbocycles. The summed E-state index contributed by atoms with van der Waals surface area (Å²) in [6.07, 6.45) is 3.66. The van der Waals surface area contributed by atoms with E-state index in [1.165, 1.54) is 0 Å². The number of benzene rings is 1. The molecule has 8 heteroatoms. The van der Waals surface area contributed by atoms with Crippen LogP contribution in [0.5, 0.6) is 0 Å². The van der Waals surface area contributed by atoms with E-state index < -0.39 is 0 Å². The quantitative estimate of drug-likeness (QED) is 0.531. The molecular formula is C22H23N7O. The second kappa shape index (κ2) is 8.08. The summed E-state index contributed by atoms with van der Waals surface area (Å²) in [6, 6.07) is 12.0. The maximum atomic E-state index is 5.41. The van der Waals surface area contributed by atoms with Crippen molar-refractivity contribution in [3.8, 4) is 11.4 Å². The molecule has 1 aliphatic rings. The molecule has 1 fully saturated rings. The number of pyridine rings is 1. The van der Waals surface area contributed by atoms with Gasteiger partial charge in [-0.1, -0.05) is 12.1 Å². The number of hydrogen-bond acceptors (Lipinski definition) is 7. The number of hydrogen-bond donors (Lipinski definition) is 2. The number of aromatic nitrogens is 5. The van der Waals surface area contributed by atoms with Crippen LogP contribution in [-0.2, 0) is 11.3 Å². The lowest BCUT2D eigenvalue weighted by Gasteiger charge is -2.27. The van der Waals surface area contributed by atoms with E-state index >= 15 is 0 Å². The van der Waals surface area contributed by atoms with E-state index in [4.69, 9.17) is 9.72 Å². The van der Waals surface area contributed by atoms with Crippen LogP contribution in [-0.4, -0.2) is 51.2 Å². The number of ether oxygens (including phenoxy) is 1. The summed E-state index contributed by atoms with van der Waals surface area (Å²) in [5.74, 6) is 3.26. The molecule has 4 aromatic rings. The van der Waals surface area contributed by atoms with Crippen LogP contribution in [0.1, 0.15) is 11.4 Å². The fourth-order valence-electron chi connectivity index (χ4n) is 3.51. The number of aromatic amines is 1. The van der Waals surface area contributed by atoms with Gasteiger partial charge in [-0.15, -0.1) is 0 Å². The van der Waals surface area contributed by atoms with Gasteiger partial charge in [0.15, 0.2) is 5.82 Å². The maximum absolute atomic E-state index is 5.41. The largest absolute Gasteiger partial charge is 0.378 e. The number of rotatable bonds is 5. The number of nitrogens with zero attached hydrogens (tertiary/aromatic N) is 5. The number of anilines is 2. The highest BCUT2D eigenvalue weighted by Crippen LogP contribution is 2.21. The second-order valence-electron chi connectivity index (χ2n) is 7.28. The Morgan fingerprint density at radius 1 is 1.03 bits per heavy atom. The van der Waals surface area contributed by atoms with Gasteiger partial charge >= 0.3 is 0 Å². The van der Waals surface area contributed by atoms with Crippen LogP contribution in [0.2, 0.25) is 0 Å². The van der Waals surface area contributed by atoms with Gasteiger partial charge in [0.25, 0.3) is 0 Å². The van der Waals surface area contributed by atoms with Gasteiger partial charge in [0.05, 0.1) is 30.8 Å². The first-order valence-corrected chi connectivity index (χ1v) is 10.1. The van der Waals surface area contributed by atoms with Crippen molar-refractivity contribution < 1.29 is 4.74 Å². The summed E-state index contributed by atoms with van der Waals surface area (Å²) >= 11 is 0. The molecule has 4 heterocycles. The summed E-state index contributed by atoms with van der Waals surface area (Å²) in [4.78, 5) is 24.0. The summed E-state index contributed by atoms with van der Waals surface area (Å²) < 4.78 is 5.41. The number of imidazole rings is 1. The zero-order valence-corrected chi connectivity index (χ0v) is 16.8. The van der Waals surface area contributed by atoms with E-state index in [1.54, 1.807) is 0 Å². The standard InChI is InChI=1S/C22H23N7O/c1-15-12-24-22(16-6-7-20(23-13-16)29-8-10-30-11-9-29)28-21(15)25-14-19-26-17-4-2-3-5-18(17)27-19/h2-7,12-13H,8-11,14H2,1H3,(H,26,27)(H,24,25,28). The third kappa shape index (κ3) is 3.81. The van der Waals surface area contributed by atoms with Crippen molar-refractivity contribution in [3.05, 3.63) is 60.2 Å². The SMILES string of the molecule is Cc1cnc(-c2ccc(N3CCOCC3)nc2)nc1NCc1nc2ccccc2[nH]1. The predicted molar refractivity (Wildman–Crippen MR) is 116 cm³/mol. The molecule has 0 bridgehead atoms. The summed E-state index contributed by atoms with van der Waals surface area (Å²) in [5, 5.41) is 3.38. The number of morpholine rings is 1. The number of para-hydroxylation sites is 2. The molecule has 0 atom stereocenters. The van der Waals surface area contributed by atoms with Gasteiger partial charge in [-0.2, -0.15) is 0 Å². The Balaban J connectivity index is 1.32. The Morgan fingerprint density at radius 3 is 2.70 bits per heavy atom. The molecule has 1 aliphatic heterocycles. The lowest BCUT2D eigenvalue weighted by molar-refractivity contribution is 0.122. The van der Waals surface area contributed by atoms with E-state index in [0.717, 1.165) is 65.9 Å². The molecule has 3 aromatic heterocycles. The van der Waals surface area contributed by atoms with Gasteiger partial charge in [-0.3, -0.25) is 0 Å². The minimum atomic E-state index is 0.556. The Hall–Kier alpha value is -3.52. The lowest BCUT2D eigenvalue weighted by Crippen LogP contribution is -2.36. The molecule has 0 spiro atoms. The first-order chi connectivity index (χ1) is 14.8. The predicted octanol–water partition coefficient (Wildman–Crippen LogP) is 3.17. The maximum Gasteiger partial charge on any atom is 0.163 e. The zero-order valence-electron chi connectivity index (χ0n) is 16.8. The number of aryl methyl sites for hydroxylation is 1. The molecule has 2 N–H and O–H groups in total. The van der Waals surface area contributed by atoms with E-state index in [0.29, 0.717) is 12.4 Å². The van der Waals surface area contributed by atoms with Gasteiger partial charge in [0.1, 0.15) is 17.5 Å². The average Bonchev–Trinajstić information content (AvgIpc) is 3.22. The van der Waals surface area contributed by atoms with Crippen LogP contribution < -0.4 is 10.2 Å². The van der Waals surface area contributed by atoms with Crippen LogP contribution in [0.25, 0.3) is 22.4 Å². The van der Waals surface area contributed by atoms with Crippen molar-refractivity contribution in [2.45, 2.75) is 13.5 Å². The van der Waals surface area contributed by atoms with Crippen LogP contribution in [0, 0.1) is 6.92 Å². The molecule has 0 radical (unpaired) electrons. The topological polar surface area (TPSA) is 91.8 Å². The fraction of sp³-hybridized carbons (Fsp3) is 0.273. The van der Waals surface area contributed by atoms with Crippen molar-refractivity contribution in [2.75, 3.05) is 36.5 Å². The van der Waals surface area contributed by atoms with E-state index in [1.807, 2.05) is 55.7 Å². The van der Waals surface area contributed by atoms with Crippen LogP contribution >= 0.6 is 0 Å². The molecule has 152 valence electrons. The van der Waals surface area contributed by atoms with E-state index in [-0.39, 0.29) is 0 Å². The molecule has 30 heavy (non-hydrogen) atoms. The molecule has 8 nitrogen and oxygen atoms in total. The molecule has 5 rings (SSSR count). The van der Waals surface area contributed by atoms with Gasteiger partial charge in [0.2, 0.25) is 0 Å². The summed E-state index contributed by atoms with van der Waals surface area (Å²) in [6.45, 7) is 5.76. The Kier molecular flexibility index (Phi) is 4.98. The lowest BCUT2D eigenvalue weighted by atomic mass is 10.2. The van der Waals surface area contributed by atoms with Gasteiger partial charge in [0, 0.05) is 36.6 Å². The van der Waals surface area contributed by atoms with Crippen LogP contribution in [0.3, 0.4) is 0 Å². The summed E-state index contributed by atoms with van der Waals surface area (Å²) in [7, 11) is 0. The normalized spacial score (nSPS) is 14.2. The van der Waals surface area contributed by atoms with Crippen molar-refractivity contribution in [3.63, 3.8) is 0 Å². The second-order valence-corrected chi connectivity index (χ2v) is 7.28. The molecule has 1 saturated heterocycles. The molecule has 0 amide bonds. The number of nitrogens with one attached hydrogen (secondary N) is 2. The van der Waals surface area contributed by atoms with Crippen LogP contribution in [0.4, 0.5) is 11.6 Å². The molecule has 0 unspecified atom stereocenters. The van der Waals surface area contributed by atoms with Crippen molar-refractivity contribution in [2.24, 2.45) is 0 Å². The first kappa shape index (κ1) is 18.5. The third-order valence-electron chi connectivity index (χ3n) is 5.17. The monoisotopic (exact) mass is 401 g/mol. The molecular weight excluding hydrogens is 378 g/mol. The van der Waals surface area contributed by atoms with E-state index in [9.17, 15) is 0 Å². The highest BCUT2D eigenvalue weighted by Gasteiger charge is 2.13. The first-order valence-electron chi connectivity index (χ1n) is 10.1. The molecule has 0 aliphatic carbocycles. The smallest absolute Gasteiger partial charge is 0.163 e. The van der Waals surface area contributed by atoms with Crippen LogP contribution in [0.15, 0.2) is 48.8 Å². The summed E-state index contributed by atoms with van der Waals surface area (Å²) in [5.41, 5.74) is 3.85. The Morgan fingerprint density at radius 2 is 1.90 bits per heavy atom. The fourth-order valence-corrected chi connectivity index (χ4v) is 3.51. The van der Waals surface area contributed by atoms with Crippen molar-refractivity contribution in [1.29, 1.82) is 0 Å². The third-order valence-corrected chi connectivity index (χ3v) is 5.17. The highest BCUT2D eigenvalue weighted by molar-refractivity contribution is 5.74. The Labute approximate surface area is 174 Å². The van der Waals surface area contributed by atoms with Gasteiger partial charge in [-0.25, -0.2) is 19.9 Å². The Bertz CT molecular complexity index is 1120. The number of H-pyrrole nitrogens is 1. The zero-order chi connectivity index (χ0) is 20.3. The van der Waals surface area contributed by atoms with Gasteiger partial charge in [-0.05, 0) is 31.2 Å². The minimum absolute atomic E-state index is 0.556. The highest BCUT2D eigenvalue weighted by atomic mass is 16.5. The average molecular weight is 401 g/mol. The van der Waals surface area contributed by atoms with Crippen molar-refractivity contribution >= 4 is 22.7 Å². The number of fused-ring (bicyclic) bond motifs is 1. The van der Waals surface area contributed by atoms with E-state index in [2.05, 4.69) is 30.2 Å². The molecule has 1 aromatic carbocycles. The minimum Gasteiger partial charge on any atom is -0.378 e.